The summed E-state index contributed by atoms with van der Waals surface area (Å²) < 4.78 is 0. The van der Waals surface area contributed by atoms with Gasteiger partial charge < -0.3 is 10.8 Å². The molecule has 0 aromatic heterocycles. The summed E-state index contributed by atoms with van der Waals surface area (Å²) in [4.78, 5) is 0. The Bertz CT molecular complexity index is 310. The second-order valence-corrected chi connectivity index (χ2v) is 5.99. The number of hydrogen-bond donors (Lipinski definition) is 2. The third-order valence-electron chi connectivity index (χ3n) is 4.99. The van der Waals surface area contributed by atoms with Crippen molar-refractivity contribution in [2.24, 2.45) is 17.6 Å². The molecule has 0 saturated heterocycles. The van der Waals surface area contributed by atoms with Crippen LogP contribution in [-0.4, -0.2) is 17.3 Å². The second-order valence-electron chi connectivity index (χ2n) is 5.99. The van der Waals surface area contributed by atoms with Gasteiger partial charge in [0.2, 0.25) is 0 Å². The van der Waals surface area contributed by atoms with Crippen molar-refractivity contribution < 1.29 is 5.11 Å². The summed E-state index contributed by atoms with van der Waals surface area (Å²) in [5.74, 6) is 1.33. The minimum atomic E-state index is -0.124. The van der Waals surface area contributed by atoms with Crippen LogP contribution in [0.25, 0.3) is 0 Å². The lowest BCUT2D eigenvalue weighted by atomic mass is 9.64. The molecule has 0 aromatic carbocycles. The fourth-order valence-corrected chi connectivity index (χ4v) is 4.12. The van der Waals surface area contributed by atoms with E-state index in [1.165, 1.54) is 43.3 Å². The Kier molecular flexibility index (Phi) is 2.80. The van der Waals surface area contributed by atoms with Gasteiger partial charge in [-0.1, -0.05) is 18.4 Å². The van der Waals surface area contributed by atoms with Crippen molar-refractivity contribution in [3.05, 3.63) is 11.1 Å². The van der Waals surface area contributed by atoms with Crippen LogP contribution in [0.2, 0.25) is 0 Å². The van der Waals surface area contributed by atoms with Crippen LogP contribution in [0.15, 0.2) is 11.1 Å². The highest BCUT2D eigenvalue weighted by Crippen LogP contribution is 2.46. The molecule has 3 N–H and O–H groups in total. The number of aliphatic hydroxyl groups excluding tert-OH is 1. The lowest BCUT2D eigenvalue weighted by Crippen LogP contribution is -2.40. The van der Waals surface area contributed by atoms with Gasteiger partial charge in [-0.3, -0.25) is 0 Å². The lowest BCUT2D eigenvalue weighted by Gasteiger charge is -2.43. The van der Waals surface area contributed by atoms with Gasteiger partial charge in [0.1, 0.15) is 0 Å². The van der Waals surface area contributed by atoms with Gasteiger partial charge in [-0.2, -0.15) is 0 Å². The molecule has 2 nitrogen and oxygen atoms in total. The summed E-state index contributed by atoms with van der Waals surface area (Å²) in [7, 11) is 0. The van der Waals surface area contributed by atoms with Crippen molar-refractivity contribution in [3.8, 4) is 0 Å². The Hall–Kier alpha value is -0.340. The van der Waals surface area contributed by atoms with Gasteiger partial charge in [0.25, 0.3) is 0 Å². The van der Waals surface area contributed by atoms with Crippen molar-refractivity contribution in [2.45, 2.75) is 63.5 Å². The smallest absolute Gasteiger partial charge is 0.0783 e. The molecule has 0 aliphatic heterocycles. The largest absolute Gasteiger partial charge is 0.388 e. The maximum Gasteiger partial charge on any atom is 0.0783 e. The molecular weight excluding hydrogens is 198 g/mol. The van der Waals surface area contributed by atoms with Crippen LogP contribution in [0.4, 0.5) is 0 Å². The van der Waals surface area contributed by atoms with E-state index < -0.39 is 0 Å². The van der Waals surface area contributed by atoms with Crippen LogP contribution in [0.5, 0.6) is 0 Å². The molecule has 1 saturated carbocycles. The SMILES string of the molecule is NC1CCC2=C(C1)CC1CCCCC1C2O. The number of aliphatic hydroxyl groups is 1. The molecular formula is C14H23NO. The minimum Gasteiger partial charge on any atom is -0.388 e. The van der Waals surface area contributed by atoms with Crippen molar-refractivity contribution >= 4 is 0 Å². The summed E-state index contributed by atoms with van der Waals surface area (Å²) >= 11 is 0. The molecule has 0 spiro atoms. The molecule has 0 heterocycles. The van der Waals surface area contributed by atoms with Gasteiger partial charge in [-0.25, -0.2) is 0 Å². The van der Waals surface area contributed by atoms with Gasteiger partial charge in [-0.05, 0) is 55.9 Å². The fourth-order valence-electron chi connectivity index (χ4n) is 4.12. The van der Waals surface area contributed by atoms with Gasteiger partial charge in [0.05, 0.1) is 6.10 Å². The first-order valence-electron chi connectivity index (χ1n) is 6.90. The molecule has 16 heavy (non-hydrogen) atoms. The maximum atomic E-state index is 10.5. The fraction of sp³-hybridized carbons (Fsp3) is 0.857. The summed E-state index contributed by atoms with van der Waals surface area (Å²) in [6, 6.07) is 0.353. The summed E-state index contributed by atoms with van der Waals surface area (Å²) in [6.07, 6.45) is 9.56. The number of nitrogens with two attached hydrogens (primary N) is 1. The predicted octanol–water partition coefficient (Wildman–Crippen LogP) is 2.37. The Morgan fingerprint density at radius 1 is 1.06 bits per heavy atom. The molecule has 3 aliphatic rings. The molecule has 1 fully saturated rings. The van der Waals surface area contributed by atoms with Gasteiger partial charge in [0, 0.05) is 6.04 Å². The first-order valence-corrected chi connectivity index (χ1v) is 6.90. The van der Waals surface area contributed by atoms with Gasteiger partial charge in [0.15, 0.2) is 0 Å². The summed E-state index contributed by atoms with van der Waals surface area (Å²) in [5, 5.41) is 10.5. The zero-order valence-electron chi connectivity index (χ0n) is 9.99. The zero-order chi connectivity index (χ0) is 11.1. The van der Waals surface area contributed by atoms with Crippen LogP contribution in [-0.2, 0) is 0 Å². The molecule has 90 valence electrons. The summed E-state index contributed by atoms with van der Waals surface area (Å²) in [5.41, 5.74) is 8.94. The number of rotatable bonds is 0. The van der Waals surface area contributed by atoms with E-state index in [-0.39, 0.29) is 6.10 Å². The molecule has 0 aromatic rings. The van der Waals surface area contributed by atoms with Crippen molar-refractivity contribution in [2.75, 3.05) is 0 Å². The van der Waals surface area contributed by atoms with Crippen LogP contribution in [0.1, 0.15) is 51.4 Å². The monoisotopic (exact) mass is 221 g/mol. The molecule has 0 amide bonds. The average Bonchev–Trinajstić information content (AvgIpc) is 2.29. The molecule has 4 unspecified atom stereocenters. The van der Waals surface area contributed by atoms with Crippen LogP contribution in [0.3, 0.4) is 0 Å². The van der Waals surface area contributed by atoms with E-state index >= 15 is 0 Å². The van der Waals surface area contributed by atoms with Gasteiger partial charge in [-0.15, -0.1) is 0 Å². The van der Waals surface area contributed by atoms with E-state index in [9.17, 15) is 5.11 Å². The minimum absolute atomic E-state index is 0.124. The van der Waals surface area contributed by atoms with Crippen LogP contribution >= 0.6 is 0 Å². The third kappa shape index (κ3) is 1.72. The van der Waals surface area contributed by atoms with Crippen LogP contribution in [0, 0.1) is 11.8 Å². The first-order chi connectivity index (χ1) is 7.75. The third-order valence-corrected chi connectivity index (χ3v) is 4.99. The second kappa shape index (κ2) is 4.15. The van der Waals surface area contributed by atoms with Crippen LogP contribution < -0.4 is 5.73 Å². The Morgan fingerprint density at radius 2 is 1.88 bits per heavy atom. The molecule has 3 rings (SSSR count). The maximum absolute atomic E-state index is 10.5. The molecule has 2 heteroatoms. The topological polar surface area (TPSA) is 46.2 Å². The highest BCUT2D eigenvalue weighted by Gasteiger charge is 2.39. The van der Waals surface area contributed by atoms with E-state index in [2.05, 4.69) is 0 Å². The van der Waals surface area contributed by atoms with Gasteiger partial charge >= 0.3 is 0 Å². The van der Waals surface area contributed by atoms with E-state index in [0.29, 0.717) is 12.0 Å². The van der Waals surface area contributed by atoms with E-state index in [1.807, 2.05) is 0 Å². The lowest BCUT2D eigenvalue weighted by molar-refractivity contribution is 0.0547. The van der Waals surface area contributed by atoms with E-state index in [0.717, 1.165) is 25.2 Å². The Labute approximate surface area is 97.9 Å². The van der Waals surface area contributed by atoms with Crippen molar-refractivity contribution in [1.82, 2.24) is 0 Å². The van der Waals surface area contributed by atoms with E-state index in [1.54, 1.807) is 0 Å². The Balaban J connectivity index is 1.86. The Morgan fingerprint density at radius 3 is 2.75 bits per heavy atom. The molecule has 0 radical (unpaired) electrons. The number of hydrogen-bond acceptors (Lipinski definition) is 2. The van der Waals surface area contributed by atoms with E-state index in [4.69, 9.17) is 5.73 Å². The molecule has 4 atom stereocenters. The highest BCUT2D eigenvalue weighted by atomic mass is 16.3. The quantitative estimate of drug-likeness (QED) is 0.617. The average molecular weight is 221 g/mol. The number of fused-ring (bicyclic) bond motifs is 1. The predicted molar refractivity (Wildman–Crippen MR) is 64.9 cm³/mol. The highest BCUT2D eigenvalue weighted by molar-refractivity contribution is 5.27. The molecule has 3 aliphatic carbocycles. The normalized spacial score (nSPS) is 43.9. The summed E-state index contributed by atoms with van der Waals surface area (Å²) in [6.45, 7) is 0. The van der Waals surface area contributed by atoms with Crippen molar-refractivity contribution in [1.29, 1.82) is 0 Å². The zero-order valence-corrected chi connectivity index (χ0v) is 9.99. The van der Waals surface area contributed by atoms with Crippen molar-refractivity contribution in [3.63, 3.8) is 0 Å². The molecule has 0 bridgehead atoms. The first kappa shape index (κ1) is 10.8. The standard InChI is InChI=1S/C14H23NO/c15-11-5-6-13-10(8-11)7-9-3-1-2-4-12(9)14(13)16/h9,11-12,14,16H,1-8,15H2.